The van der Waals surface area contributed by atoms with Gasteiger partial charge in [0, 0.05) is 18.2 Å². The van der Waals surface area contributed by atoms with Crippen LogP contribution in [0.15, 0.2) is 24.3 Å². The SMILES string of the molecule is CCCOC(=O)c1ccc(NC(=O)CC(N)C(C)C)cc1. The fraction of sp³-hybridized carbons (Fsp3) is 0.500. The zero-order valence-electron chi connectivity index (χ0n) is 12.9. The summed E-state index contributed by atoms with van der Waals surface area (Å²) in [6.07, 6.45) is 1.06. The van der Waals surface area contributed by atoms with Gasteiger partial charge in [-0.2, -0.15) is 0 Å². The molecule has 5 nitrogen and oxygen atoms in total. The highest BCUT2D eigenvalue weighted by atomic mass is 16.5. The van der Waals surface area contributed by atoms with Crippen molar-refractivity contribution in [1.82, 2.24) is 0 Å². The number of nitrogens with one attached hydrogen (secondary N) is 1. The summed E-state index contributed by atoms with van der Waals surface area (Å²) in [6, 6.07) is 6.47. The highest BCUT2D eigenvalue weighted by molar-refractivity contribution is 5.93. The van der Waals surface area contributed by atoms with Crippen LogP contribution in [0.5, 0.6) is 0 Å². The Bertz CT molecular complexity index is 469. The van der Waals surface area contributed by atoms with Crippen LogP contribution in [0, 0.1) is 5.92 Å². The molecule has 0 spiro atoms. The zero-order chi connectivity index (χ0) is 15.8. The van der Waals surface area contributed by atoms with E-state index in [1.54, 1.807) is 24.3 Å². The van der Waals surface area contributed by atoms with Gasteiger partial charge < -0.3 is 15.8 Å². The van der Waals surface area contributed by atoms with Gasteiger partial charge in [0.1, 0.15) is 0 Å². The van der Waals surface area contributed by atoms with E-state index in [4.69, 9.17) is 10.5 Å². The fourth-order valence-electron chi connectivity index (χ4n) is 1.63. The molecule has 0 saturated carbocycles. The van der Waals surface area contributed by atoms with E-state index < -0.39 is 0 Å². The molecule has 0 bridgehead atoms. The molecular formula is C16H24N2O3. The van der Waals surface area contributed by atoms with Gasteiger partial charge in [-0.3, -0.25) is 4.79 Å². The van der Waals surface area contributed by atoms with Gasteiger partial charge in [-0.25, -0.2) is 4.79 Å². The third-order valence-electron chi connectivity index (χ3n) is 3.12. The van der Waals surface area contributed by atoms with Crippen LogP contribution in [0.2, 0.25) is 0 Å². The van der Waals surface area contributed by atoms with Gasteiger partial charge in [-0.05, 0) is 36.6 Å². The molecule has 1 aromatic rings. The van der Waals surface area contributed by atoms with Gasteiger partial charge in [0.2, 0.25) is 5.91 Å². The van der Waals surface area contributed by atoms with E-state index >= 15 is 0 Å². The molecule has 5 heteroatoms. The average molecular weight is 292 g/mol. The lowest BCUT2D eigenvalue weighted by molar-refractivity contribution is -0.116. The number of carbonyl (C=O) groups is 2. The van der Waals surface area contributed by atoms with Gasteiger partial charge in [-0.15, -0.1) is 0 Å². The second-order valence-electron chi connectivity index (χ2n) is 5.37. The van der Waals surface area contributed by atoms with Crippen LogP contribution in [-0.2, 0) is 9.53 Å². The first-order valence-corrected chi connectivity index (χ1v) is 7.26. The molecule has 1 rings (SSSR count). The molecule has 0 aliphatic rings. The molecule has 0 aliphatic carbocycles. The predicted octanol–water partition coefficient (Wildman–Crippen LogP) is 2.57. The maximum Gasteiger partial charge on any atom is 0.338 e. The van der Waals surface area contributed by atoms with Crippen LogP contribution in [0.1, 0.15) is 44.0 Å². The molecule has 0 radical (unpaired) electrons. The number of benzene rings is 1. The number of hydrogen-bond acceptors (Lipinski definition) is 4. The second-order valence-corrected chi connectivity index (χ2v) is 5.37. The normalized spacial score (nSPS) is 12.0. The van der Waals surface area contributed by atoms with E-state index in [-0.39, 0.29) is 30.3 Å². The molecule has 1 amide bonds. The van der Waals surface area contributed by atoms with Crippen molar-refractivity contribution in [3.05, 3.63) is 29.8 Å². The third-order valence-corrected chi connectivity index (χ3v) is 3.12. The molecule has 1 aromatic carbocycles. The molecule has 0 heterocycles. The minimum absolute atomic E-state index is 0.127. The minimum atomic E-state index is -0.350. The van der Waals surface area contributed by atoms with E-state index in [1.165, 1.54) is 0 Å². The molecule has 1 unspecified atom stereocenters. The molecule has 21 heavy (non-hydrogen) atoms. The van der Waals surface area contributed by atoms with Crippen LogP contribution in [-0.4, -0.2) is 24.5 Å². The Hall–Kier alpha value is -1.88. The second kappa shape index (κ2) is 8.42. The van der Waals surface area contributed by atoms with Crippen molar-refractivity contribution in [3.8, 4) is 0 Å². The number of rotatable bonds is 7. The van der Waals surface area contributed by atoms with Crippen molar-refractivity contribution in [1.29, 1.82) is 0 Å². The van der Waals surface area contributed by atoms with Gasteiger partial charge in [0.25, 0.3) is 0 Å². The van der Waals surface area contributed by atoms with Crippen molar-refractivity contribution in [2.45, 2.75) is 39.7 Å². The van der Waals surface area contributed by atoms with E-state index in [9.17, 15) is 9.59 Å². The lowest BCUT2D eigenvalue weighted by Crippen LogP contribution is -2.31. The average Bonchev–Trinajstić information content (AvgIpc) is 2.45. The summed E-state index contributed by atoms with van der Waals surface area (Å²) in [5.74, 6) is -0.222. The molecule has 3 N–H and O–H groups in total. The van der Waals surface area contributed by atoms with Crippen LogP contribution in [0.4, 0.5) is 5.69 Å². The third kappa shape index (κ3) is 5.95. The number of amides is 1. The minimum Gasteiger partial charge on any atom is -0.462 e. The monoisotopic (exact) mass is 292 g/mol. The summed E-state index contributed by atoms with van der Waals surface area (Å²) in [5, 5.41) is 2.77. The summed E-state index contributed by atoms with van der Waals surface area (Å²) in [7, 11) is 0. The van der Waals surface area contributed by atoms with E-state index in [0.29, 0.717) is 17.9 Å². The van der Waals surface area contributed by atoms with Crippen molar-refractivity contribution in [2.75, 3.05) is 11.9 Å². The van der Waals surface area contributed by atoms with E-state index in [0.717, 1.165) is 6.42 Å². The summed E-state index contributed by atoms with van der Waals surface area (Å²) in [5.41, 5.74) is 6.97. The summed E-state index contributed by atoms with van der Waals surface area (Å²) >= 11 is 0. The fourth-order valence-corrected chi connectivity index (χ4v) is 1.63. The Kier molecular flexibility index (Phi) is 6.88. The number of carbonyl (C=O) groups excluding carboxylic acids is 2. The summed E-state index contributed by atoms with van der Waals surface area (Å²) in [4.78, 5) is 23.4. The molecule has 116 valence electrons. The Balaban J connectivity index is 2.54. The molecule has 0 saturated heterocycles. The Morgan fingerprint density at radius 3 is 2.38 bits per heavy atom. The highest BCUT2D eigenvalue weighted by Crippen LogP contribution is 2.12. The first kappa shape index (κ1) is 17.2. The standard InChI is InChI=1S/C16H24N2O3/c1-4-9-21-16(20)12-5-7-13(8-6-12)18-15(19)10-14(17)11(2)3/h5-8,11,14H,4,9-10,17H2,1-3H3,(H,18,19). The number of esters is 1. The van der Waals surface area contributed by atoms with Gasteiger partial charge >= 0.3 is 5.97 Å². The van der Waals surface area contributed by atoms with Crippen LogP contribution in [0.25, 0.3) is 0 Å². The summed E-state index contributed by atoms with van der Waals surface area (Å²) < 4.78 is 5.03. The molecule has 0 fully saturated rings. The molecule has 1 atom stereocenters. The highest BCUT2D eigenvalue weighted by Gasteiger charge is 2.13. The van der Waals surface area contributed by atoms with Gasteiger partial charge in [-0.1, -0.05) is 20.8 Å². The maximum absolute atomic E-state index is 11.8. The number of anilines is 1. The lowest BCUT2D eigenvalue weighted by atomic mass is 10.0. The van der Waals surface area contributed by atoms with Crippen molar-refractivity contribution in [3.63, 3.8) is 0 Å². The molecule has 0 aliphatic heterocycles. The lowest BCUT2D eigenvalue weighted by Gasteiger charge is -2.15. The molecular weight excluding hydrogens is 268 g/mol. The Labute approximate surface area is 125 Å². The smallest absolute Gasteiger partial charge is 0.338 e. The predicted molar refractivity (Wildman–Crippen MR) is 83.1 cm³/mol. The Morgan fingerprint density at radius 1 is 1.24 bits per heavy atom. The van der Waals surface area contributed by atoms with Crippen molar-refractivity contribution in [2.24, 2.45) is 11.7 Å². The van der Waals surface area contributed by atoms with Crippen molar-refractivity contribution >= 4 is 17.6 Å². The first-order chi connectivity index (χ1) is 9.93. The number of hydrogen-bond donors (Lipinski definition) is 2. The van der Waals surface area contributed by atoms with Crippen LogP contribution < -0.4 is 11.1 Å². The quantitative estimate of drug-likeness (QED) is 0.757. The van der Waals surface area contributed by atoms with E-state index in [2.05, 4.69) is 5.32 Å². The largest absolute Gasteiger partial charge is 0.462 e. The topological polar surface area (TPSA) is 81.4 Å². The van der Waals surface area contributed by atoms with Crippen LogP contribution >= 0.6 is 0 Å². The number of ether oxygens (including phenoxy) is 1. The maximum atomic E-state index is 11.8. The zero-order valence-corrected chi connectivity index (χ0v) is 12.9. The van der Waals surface area contributed by atoms with Crippen LogP contribution in [0.3, 0.4) is 0 Å². The van der Waals surface area contributed by atoms with Gasteiger partial charge in [0.15, 0.2) is 0 Å². The van der Waals surface area contributed by atoms with Gasteiger partial charge in [0.05, 0.1) is 12.2 Å². The first-order valence-electron chi connectivity index (χ1n) is 7.26. The Morgan fingerprint density at radius 2 is 1.86 bits per heavy atom. The molecule has 0 aromatic heterocycles. The van der Waals surface area contributed by atoms with Crippen molar-refractivity contribution < 1.29 is 14.3 Å². The van der Waals surface area contributed by atoms with E-state index in [1.807, 2.05) is 20.8 Å². The number of nitrogens with two attached hydrogens (primary N) is 1. The summed E-state index contributed by atoms with van der Waals surface area (Å²) in [6.45, 7) is 6.31.